The molecule has 0 spiro atoms. The molecule has 1 aromatic carbocycles. The van der Waals surface area contributed by atoms with Crippen LogP contribution in [0.5, 0.6) is 5.75 Å². The molecule has 7 nitrogen and oxygen atoms in total. The van der Waals surface area contributed by atoms with E-state index in [1.54, 1.807) is 26.8 Å². The van der Waals surface area contributed by atoms with Crippen LogP contribution < -0.4 is 20.7 Å². The normalized spacial score (nSPS) is 17.3. The third kappa shape index (κ3) is 4.99. The van der Waals surface area contributed by atoms with E-state index in [4.69, 9.17) is 0 Å². The summed E-state index contributed by atoms with van der Waals surface area (Å²) in [6.45, 7) is 5.07. The van der Waals surface area contributed by atoms with Gasteiger partial charge < -0.3 is 15.4 Å². The second kappa shape index (κ2) is 7.18. The lowest BCUT2D eigenvalue weighted by Crippen LogP contribution is -2.69. The first kappa shape index (κ1) is 18.8. The minimum absolute atomic E-state index is 0.311. The minimum atomic E-state index is -4.78. The molecule has 0 radical (unpaired) electrons. The molecule has 1 aliphatic rings. The lowest BCUT2D eigenvalue weighted by Gasteiger charge is -2.36. The first-order chi connectivity index (χ1) is 11.6. The van der Waals surface area contributed by atoms with Gasteiger partial charge in [-0.3, -0.25) is 5.32 Å². The molecule has 25 heavy (non-hydrogen) atoms. The molecule has 1 atom stereocenters. The molecule has 138 valence electrons. The van der Waals surface area contributed by atoms with E-state index in [1.807, 2.05) is 0 Å². The number of amides is 4. The highest BCUT2D eigenvalue weighted by Gasteiger charge is 2.34. The maximum atomic E-state index is 12.3. The third-order valence-electron chi connectivity index (χ3n) is 3.50. The van der Waals surface area contributed by atoms with E-state index < -0.39 is 30.8 Å². The average Bonchev–Trinajstić information content (AvgIpc) is 2.44. The van der Waals surface area contributed by atoms with Gasteiger partial charge in [0.15, 0.2) is 6.29 Å². The average molecular weight is 360 g/mol. The Bertz CT molecular complexity index is 633. The Kier molecular flexibility index (Phi) is 5.41. The van der Waals surface area contributed by atoms with Gasteiger partial charge in [-0.15, -0.1) is 13.2 Å². The zero-order valence-corrected chi connectivity index (χ0v) is 13.8. The Labute approximate surface area is 142 Å². The van der Waals surface area contributed by atoms with E-state index >= 15 is 0 Å². The van der Waals surface area contributed by atoms with Crippen molar-refractivity contribution < 1.29 is 27.5 Å². The van der Waals surface area contributed by atoms with E-state index in [2.05, 4.69) is 20.7 Å². The lowest BCUT2D eigenvalue weighted by molar-refractivity contribution is -0.274. The molecule has 3 N–H and O–H groups in total. The van der Waals surface area contributed by atoms with E-state index in [0.29, 0.717) is 5.56 Å². The molecule has 0 aromatic heterocycles. The van der Waals surface area contributed by atoms with Crippen LogP contribution in [0.3, 0.4) is 0 Å². The van der Waals surface area contributed by atoms with Crippen molar-refractivity contribution in [2.75, 3.05) is 0 Å². The summed E-state index contributed by atoms with van der Waals surface area (Å²) in [6, 6.07) is 3.56. The highest BCUT2D eigenvalue weighted by atomic mass is 19.4. The van der Waals surface area contributed by atoms with Gasteiger partial charge in [0.05, 0.1) is 0 Å². The van der Waals surface area contributed by atoms with Crippen molar-refractivity contribution in [3.63, 3.8) is 0 Å². The SMILES string of the molecule is CC(C)N1C(=O)NC(N[C@@H](C)c2cccc(OC(F)(F)F)c2)NC1=O. The third-order valence-corrected chi connectivity index (χ3v) is 3.50. The molecule has 1 heterocycles. The van der Waals surface area contributed by atoms with E-state index in [-0.39, 0.29) is 11.8 Å². The number of nitrogens with one attached hydrogen (secondary N) is 3. The lowest BCUT2D eigenvalue weighted by atomic mass is 10.1. The van der Waals surface area contributed by atoms with Crippen molar-refractivity contribution in [2.24, 2.45) is 0 Å². The molecule has 0 aliphatic carbocycles. The van der Waals surface area contributed by atoms with Gasteiger partial charge in [0.25, 0.3) is 0 Å². The quantitative estimate of drug-likeness (QED) is 0.754. The smallest absolute Gasteiger partial charge is 0.406 e. The Morgan fingerprint density at radius 2 is 1.76 bits per heavy atom. The summed E-state index contributed by atoms with van der Waals surface area (Å²) >= 11 is 0. The molecule has 0 unspecified atom stereocenters. The van der Waals surface area contributed by atoms with Crippen LogP contribution in [0.2, 0.25) is 0 Å². The fourth-order valence-electron chi connectivity index (χ4n) is 2.39. The van der Waals surface area contributed by atoms with Gasteiger partial charge in [0, 0.05) is 12.1 Å². The van der Waals surface area contributed by atoms with Crippen LogP contribution in [-0.2, 0) is 0 Å². The molecule has 10 heteroatoms. The Morgan fingerprint density at radius 3 is 2.28 bits per heavy atom. The Morgan fingerprint density at radius 1 is 1.16 bits per heavy atom. The van der Waals surface area contributed by atoms with Crippen LogP contribution in [0, 0.1) is 0 Å². The number of carbonyl (C=O) groups excluding carboxylic acids is 2. The predicted molar refractivity (Wildman–Crippen MR) is 82.5 cm³/mol. The summed E-state index contributed by atoms with van der Waals surface area (Å²) in [4.78, 5) is 24.9. The number of alkyl halides is 3. The largest absolute Gasteiger partial charge is 0.573 e. The summed E-state index contributed by atoms with van der Waals surface area (Å²) in [5.41, 5.74) is 0.497. The van der Waals surface area contributed by atoms with Gasteiger partial charge in [-0.2, -0.15) is 0 Å². The fraction of sp³-hybridized carbons (Fsp3) is 0.467. The molecule has 1 aromatic rings. The summed E-state index contributed by atoms with van der Waals surface area (Å²) in [5.74, 6) is -0.346. The standard InChI is InChI=1S/C15H19F3N4O3/c1-8(2)22-13(23)20-12(21-14(22)24)19-9(3)10-5-4-6-11(7-10)25-15(16,17)18/h4-9,12,19H,1-3H3,(H,20,23)(H,21,24)/t9-/m0/s1. The van der Waals surface area contributed by atoms with Crippen LogP contribution >= 0.6 is 0 Å². The molecule has 1 saturated heterocycles. The summed E-state index contributed by atoms with van der Waals surface area (Å²) in [5, 5.41) is 8.05. The Balaban J connectivity index is 2.03. The van der Waals surface area contributed by atoms with E-state index in [9.17, 15) is 22.8 Å². The highest BCUT2D eigenvalue weighted by molar-refractivity contribution is 5.96. The first-order valence-electron chi connectivity index (χ1n) is 7.59. The van der Waals surface area contributed by atoms with Gasteiger partial charge in [0.2, 0.25) is 0 Å². The molecule has 0 bridgehead atoms. The zero-order chi connectivity index (χ0) is 18.8. The maximum absolute atomic E-state index is 12.3. The summed E-state index contributed by atoms with van der Waals surface area (Å²) < 4.78 is 40.8. The van der Waals surface area contributed by atoms with Gasteiger partial charge >= 0.3 is 18.4 Å². The van der Waals surface area contributed by atoms with Gasteiger partial charge in [0.1, 0.15) is 5.75 Å². The minimum Gasteiger partial charge on any atom is -0.406 e. The fourth-order valence-corrected chi connectivity index (χ4v) is 2.39. The number of nitrogens with zero attached hydrogens (tertiary/aromatic N) is 1. The first-order valence-corrected chi connectivity index (χ1v) is 7.59. The Hall–Kier alpha value is -2.49. The number of urea groups is 2. The van der Waals surface area contributed by atoms with Crippen LogP contribution in [-0.4, -0.2) is 35.7 Å². The molecule has 1 aliphatic heterocycles. The number of hydrogen-bond donors (Lipinski definition) is 3. The maximum Gasteiger partial charge on any atom is 0.573 e. The van der Waals surface area contributed by atoms with Gasteiger partial charge in [-0.1, -0.05) is 12.1 Å². The number of halogens is 3. The van der Waals surface area contributed by atoms with Crippen molar-refractivity contribution >= 4 is 12.1 Å². The van der Waals surface area contributed by atoms with Gasteiger partial charge in [-0.05, 0) is 38.5 Å². The second-order valence-electron chi connectivity index (χ2n) is 5.80. The number of imide groups is 1. The van der Waals surface area contributed by atoms with Crippen LogP contribution in [0.1, 0.15) is 32.4 Å². The summed E-state index contributed by atoms with van der Waals surface area (Å²) in [6.07, 6.45) is -5.63. The topological polar surface area (TPSA) is 82.7 Å². The van der Waals surface area contributed by atoms with E-state index in [1.165, 1.54) is 18.2 Å². The summed E-state index contributed by atoms with van der Waals surface area (Å²) in [7, 11) is 0. The molecular weight excluding hydrogens is 341 g/mol. The van der Waals surface area contributed by atoms with Crippen LogP contribution in [0.25, 0.3) is 0 Å². The highest BCUT2D eigenvalue weighted by Crippen LogP contribution is 2.25. The number of hydrogen-bond acceptors (Lipinski definition) is 4. The molecular formula is C15H19F3N4O3. The van der Waals surface area contributed by atoms with Crippen molar-refractivity contribution in [1.82, 2.24) is 20.9 Å². The number of carbonyl (C=O) groups is 2. The van der Waals surface area contributed by atoms with Crippen LogP contribution in [0.4, 0.5) is 22.8 Å². The van der Waals surface area contributed by atoms with E-state index in [0.717, 1.165) is 4.90 Å². The second-order valence-corrected chi connectivity index (χ2v) is 5.80. The molecule has 2 rings (SSSR count). The van der Waals surface area contributed by atoms with Crippen LogP contribution in [0.15, 0.2) is 24.3 Å². The number of ether oxygens (including phenoxy) is 1. The van der Waals surface area contributed by atoms with Crippen molar-refractivity contribution in [1.29, 1.82) is 0 Å². The number of benzene rings is 1. The molecule has 4 amide bonds. The zero-order valence-electron chi connectivity index (χ0n) is 13.8. The van der Waals surface area contributed by atoms with Crippen molar-refractivity contribution in [3.05, 3.63) is 29.8 Å². The van der Waals surface area contributed by atoms with Crippen molar-refractivity contribution in [2.45, 2.75) is 45.5 Å². The number of rotatable bonds is 5. The monoisotopic (exact) mass is 360 g/mol. The molecule has 1 fully saturated rings. The van der Waals surface area contributed by atoms with Crippen molar-refractivity contribution in [3.8, 4) is 5.75 Å². The van der Waals surface area contributed by atoms with Gasteiger partial charge in [-0.25, -0.2) is 14.5 Å². The molecule has 0 saturated carbocycles. The predicted octanol–water partition coefficient (Wildman–Crippen LogP) is 2.66.